The first kappa shape index (κ1) is 33.1. The van der Waals surface area contributed by atoms with Crippen LogP contribution in [0, 0.1) is 18.8 Å². The molecule has 5 rings (SSSR count). The number of nitrogens with one attached hydrogen (secondary N) is 1. The Morgan fingerprint density at radius 3 is 2.29 bits per heavy atom. The van der Waals surface area contributed by atoms with Gasteiger partial charge in [0.05, 0.1) is 12.1 Å². The summed E-state index contributed by atoms with van der Waals surface area (Å²) in [6.07, 6.45) is 6.41. The van der Waals surface area contributed by atoms with Crippen molar-refractivity contribution in [2.45, 2.75) is 66.3 Å². The number of furan rings is 1. The van der Waals surface area contributed by atoms with Crippen LogP contribution in [0.2, 0.25) is 5.02 Å². The minimum Gasteiger partial charge on any atom is -0.478 e. The zero-order chi connectivity index (χ0) is 30.6. The summed E-state index contributed by atoms with van der Waals surface area (Å²) in [5, 5.41) is 14.6. The lowest BCUT2D eigenvalue weighted by Gasteiger charge is -2.27. The van der Waals surface area contributed by atoms with Gasteiger partial charge < -0.3 is 19.7 Å². The van der Waals surface area contributed by atoms with Crippen LogP contribution in [-0.2, 0) is 6.54 Å². The molecular formula is C34H45ClN4O3. The molecule has 1 saturated carbocycles. The number of aryl methyl sites for hydroxylation is 1. The van der Waals surface area contributed by atoms with Gasteiger partial charge in [0.25, 0.3) is 0 Å². The first-order valence-corrected chi connectivity index (χ1v) is 15.4. The highest BCUT2D eigenvalue weighted by atomic mass is 35.5. The van der Waals surface area contributed by atoms with Crippen molar-refractivity contribution in [2.75, 3.05) is 25.5 Å². The number of carboxylic acids is 1. The Hall–Kier alpha value is -3.42. The van der Waals surface area contributed by atoms with Gasteiger partial charge in [-0.1, -0.05) is 63.8 Å². The fourth-order valence-corrected chi connectivity index (χ4v) is 5.37. The number of nitrogens with zero attached hydrogens (tertiary/aromatic N) is 3. The van der Waals surface area contributed by atoms with Crippen molar-refractivity contribution in [3.8, 4) is 11.3 Å². The molecule has 8 heteroatoms. The van der Waals surface area contributed by atoms with Gasteiger partial charge in [-0.2, -0.15) is 0 Å². The van der Waals surface area contributed by atoms with Gasteiger partial charge in [-0.05, 0) is 80.6 Å². The number of fused-ring (bicyclic) bond motifs is 1. The van der Waals surface area contributed by atoms with Crippen LogP contribution in [0.4, 0.5) is 5.82 Å². The van der Waals surface area contributed by atoms with E-state index in [2.05, 4.69) is 22.2 Å². The van der Waals surface area contributed by atoms with Gasteiger partial charge in [0.2, 0.25) is 0 Å². The maximum absolute atomic E-state index is 11.5. The summed E-state index contributed by atoms with van der Waals surface area (Å²) in [5.74, 6) is 3.42. The van der Waals surface area contributed by atoms with Crippen LogP contribution in [0.5, 0.6) is 0 Å². The van der Waals surface area contributed by atoms with Gasteiger partial charge in [0.1, 0.15) is 28.7 Å². The molecule has 4 aromatic rings. The molecule has 0 unspecified atom stereocenters. The maximum atomic E-state index is 11.5. The van der Waals surface area contributed by atoms with Crippen LogP contribution in [0.3, 0.4) is 0 Å². The van der Waals surface area contributed by atoms with E-state index < -0.39 is 5.97 Å². The number of anilines is 1. The topological polar surface area (TPSA) is 91.5 Å². The third kappa shape index (κ3) is 9.04. The minimum absolute atomic E-state index is 0.220. The standard InChI is InChI=1S/C21H26ClNO3.C11H13N3.C2H6/c1-2-14-3-5-15(6-4-14)12-23-13-20-18(21(24)25)11-19(26-20)16-7-9-17(22)10-8-16;1-8-12-10-7-5-4-6-9(10)11(13-8)14(2)3;1-2/h7-11,14-15,23H,2-6,12-13H2,1H3,(H,24,25);4-7H,1-3H3;1-2H3. The summed E-state index contributed by atoms with van der Waals surface area (Å²) >= 11 is 5.91. The molecule has 0 spiro atoms. The van der Waals surface area contributed by atoms with Gasteiger partial charge in [-0.25, -0.2) is 14.8 Å². The van der Waals surface area contributed by atoms with Crippen LogP contribution < -0.4 is 10.2 Å². The van der Waals surface area contributed by atoms with E-state index in [4.69, 9.17) is 16.0 Å². The van der Waals surface area contributed by atoms with Crippen molar-refractivity contribution >= 4 is 34.3 Å². The molecule has 1 aliphatic carbocycles. The zero-order valence-electron chi connectivity index (χ0n) is 25.8. The molecule has 7 nitrogen and oxygen atoms in total. The molecule has 2 N–H and O–H groups in total. The molecule has 226 valence electrons. The van der Waals surface area contributed by atoms with Crippen molar-refractivity contribution in [1.82, 2.24) is 15.3 Å². The summed E-state index contributed by atoms with van der Waals surface area (Å²) in [4.78, 5) is 22.4. The van der Waals surface area contributed by atoms with Crippen LogP contribution in [0.25, 0.3) is 22.2 Å². The van der Waals surface area contributed by atoms with Crippen LogP contribution in [0.15, 0.2) is 59.0 Å². The number of carboxylic acid groups (broad SMARTS) is 1. The lowest BCUT2D eigenvalue weighted by Crippen LogP contribution is -2.26. The van der Waals surface area contributed by atoms with Crippen LogP contribution in [0.1, 0.15) is 74.8 Å². The predicted molar refractivity (Wildman–Crippen MR) is 174 cm³/mol. The Kier molecular flexibility index (Phi) is 12.8. The molecule has 0 bridgehead atoms. The third-order valence-electron chi connectivity index (χ3n) is 7.55. The number of carbonyl (C=O) groups is 1. The molecule has 2 heterocycles. The number of aromatic carboxylic acids is 1. The molecule has 2 aromatic carbocycles. The first-order valence-electron chi connectivity index (χ1n) is 15.0. The fraction of sp³-hybridized carbons (Fsp3) is 0.441. The Balaban J connectivity index is 0.000000254. The highest BCUT2D eigenvalue weighted by molar-refractivity contribution is 6.30. The Labute approximate surface area is 255 Å². The molecular weight excluding hydrogens is 548 g/mol. The largest absolute Gasteiger partial charge is 0.478 e. The molecule has 1 aliphatic rings. The number of benzene rings is 2. The molecule has 2 aromatic heterocycles. The van der Waals surface area contributed by atoms with E-state index in [1.807, 2.05) is 76.2 Å². The molecule has 0 radical (unpaired) electrons. The molecule has 0 saturated heterocycles. The predicted octanol–water partition coefficient (Wildman–Crippen LogP) is 8.63. The van der Waals surface area contributed by atoms with Crippen molar-refractivity contribution < 1.29 is 14.3 Å². The van der Waals surface area contributed by atoms with E-state index in [1.54, 1.807) is 18.2 Å². The van der Waals surface area contributed by atoms with Crippen molar-refractivity contribution in [1.29, 1.82) is 0 Å². The lowest BCUT2D eigenvalue weighted by molar-refractivity contribution is 0.0694. The number of hydrogen-bond donors (Lipinski definition) is 2. The molecule has 0 amide bonds. The van der Waals surface area contributed by atoms with Crippen LogP contribution in [-0.4, -0.2) is 41.7 Å². The Bertz CT molecular complexity index is 1410. The SMILES string of the molecule is CC.CCC1CCC(CNCc2oc(-c3ccc(Cl)cc3)cc2C(=O)O)CC1.Cc1nc(N(C)C)c2ccccc2n1. The number of aromatic nitrogens is 2. The van der Waals surface area contributed by atoms with E-state index in [9.17, 15) is 9.90 Å². The lowest BCUT2D eigenvalue weighted by atomic mass is 9.81. The van der Waals surface area contributed by atoms with E-state index in [0.717, 1.165) is 40.6 Å². The number of halogens is 1. The second-order valence-electron chi connectivity index (χ2n) is 10.7. The first-order chi connectivity index (χ1) is 20.2. The summed E-state index contributed by atoms with van der Waals surface area (Å²) in [5.41, 5.74) is 2.04. The fourth-order valence-electron chi connectivity index (χ4n) is 5.25. The van der Waals surface area contributed by atoms with Gasteiger partial charge in [-0.3, -0.25) is 0 Å². The zero-order valence-corrected chi connectivity index (χ0v) is 26.5. The second kappa shape index (κ2) is 16.3. The average molecular weight is 593 g/mol. The maximum Gasteiger partial charge on any atom is 0.339 e. The van der Waals surface area contributed by atoms with Crippen LogP contribution >= 0.6 is 11.6 Å². The smallest absolute Gasteiger partial charge is 0.339 e. The van der Waals surface area contributed by atoms with Gasteiger partial charge in [-0.15, -0.1) is 0 Å². The van der Waals surface area contributed by atoms with E-state index in [1.165, 1.54) is 32.1 Å². The summed E-state index contributed by atoms with van der Waals surface area (Å²) in [6.45, 7) is 9.53. The third-order valence-corrected chi connectivity index (χ3v) is 7.80. The van der Waals surface area contributed by atoms with E-state index in [0.29, 0.717) is 29.0 Å². The average Bonchev–Trinajstić information content (AvgIpc) is 3.43. The quantitative estimate of drug-likeness (QED) is 0.211. The Morgan fingerprint density at radius 2 is 1.67 bits per heavy atom. The Morgan fingerprint density at radius 1 is 1.02 bits per heavy atom. The summed E-state index contributed by atoms with van der Waals surface area (Å²) in [7, 11) is 3.99. The molecule has 0 atom stereocenters. The van der Waals surface area contributed by atoms with Gasteiger partial charge in [0.15, 0.2) is 0 Å². The van der Waals surface area contributed by atoms with E-state index >= 15 is 0 Å². The van der Waals surface area contributed by atoms with Gasteiger partial charge in [0, 0.05) is 30.1 Å². The molecule has 0 aliphatic heterocycles. The highest BCUT2D eigenvalue weighted by Crippen LogP contribution is 2.31. The number of rotatable bonds is 8. The van der Waals surface area contributed by atoms with Crippen molar-refractivity contribution in [3.63, 3.8) is 0 Å². The summed E-state index contributed by atoms with van der Waals surface area (Å²) < 4.78 is 5.84. The number of hydrogen-bond acceptors (Lipinski definition) is 6. The van der Waals surface area contributed by atoms with Gasteiger partial charge >= 0.3 is 5.97 Å². The van der Waals surface area contributed by atoms with Crippen molar-refractivity contribution in [3.05, 3.63) is 76.8 Å². The molecule has 1 fully saturated rings. The van der Waals surface area contributed by atoms with E-state index in [-0.39, 0.29) is 5.56 Å². The summed E-state index contributed by atoms with van der Waals surface area (Å²) in [6, 6.07) is 16.8. The van der Waals surface area contributed by atoms with Crippen molar-refractivity contribution in [2.24, 2.45) is 11.8 Å². The molecule has 42 heavy (non-hydrogen) atoms. The minimum atomic E-state index is -0.964. The monoisotopic (exact) mass is 592 g/mol. The highest BCUT2D eigenvalue weighted by Gasteiger charge is 2.21. The number of para-hydroxylation sites is 1. The normalized spacial score (nSPS) is 16.2. The second-order valence-corrected chi connectivity index (χ2v) is 11.1.